The van der Waals surface area contributed by atoms with Crippen LogP contribution in [-0.4, -0.2) is 30.3 Å². The van der Waals surface area contributed by atoms with Crippen LogP contribution >= 0.6 is 0 Å². The Morgan fingerprint density at radius 1 is 1.08 bits per heavy atom. The van der Waals surface area contributed by atoms with Gasteiger partial charge in [0.1, 0.15) is 0 Å². The molecule has 2 nitrogen and oxygen atoms in total. The van der Waals surface area contributed by atoms with Gasteiger partial charge in [-0.25, -0.2) is 0 Å². The Balaban J connectivity index is 1.61. The quantitative estimate of drug-likeness (QED) is 0.744. The van der Waals surface area contributed by atoms with E-state index in [0.717, 1.165) is 36.8 Å². The maximum Gasteiger partial charge on any atom is 0.165 e. The van der Waals surface area contributed by atoms with Gasteiger partial charge in [-0.3, -0.25) is 4.79 Å². The van der Waals surface area contributed by atoms with E-state index >= 15 is 0 Å². The summed E-state index contributed by atoms with van der Waals surface area (Å²) in [6.07, 6.45) is 7.89. The van der Waals surface area contributed by atoms with E-state index in [2.05, 4.69) is 24.0 Å². The molecule has 1 saturated carbocycles. The van der Waals surface area contributed by atoms with Crippen molar-refractivity contribution in [2.75, 3.05) is 19.6 Å². The molecule has 0 N–H and O–H groups in total. The summed E-state index contributed by atoms with van der Waals surface area (Å²) in [7, 11) is 0. The third kappa shape index (κ3) is 4.27. The Morgan fingerprint density at radius 2 is 1.75 bits per heavy atom. The van der Waals surface area contributed by atoms with Gasteiger partial charge in [-0.2, -0.15) is 0 Å². The first-order valence-corrected chi connectivity index (χ1v) is 9.91. The fraction of sp³-hybridized carbons (Fsp3) is 0.682. The molecule has 2 heteroatoms. The molecular formula is C22H33NO. The molecule has 24 heavy (non-hydrogen) atoms. The molecule has 0 amide bonds. The number of Topliss-reactive ketones (excluding diaryl/α,β-unsaturated/α-hetero) is 1. The lowest BCUT2D eigenvalue weighted by Crippen LogP contribution is -2.33. The number of hydrogen-bond donors (Lipinski definition) is 0. The summed E-state index contributed by atoms with van der Waals surface area (Å²) < 4.78 is 0. The van der Waals surface area contributed by atoms with E-state index in [-0.39, 0.29) is 11.7 Å². The topological polar surface area (TPSA) is 20.3 Å². The number of fused-ring (bicyclic) bond motifs is 1. The summed E-state index contributed by atoms with van der Waals surface area (Å²) in [4.78, 5) is 14.9. The Morgan fingerprint density at radius 3 is 2.42 bits per heavy atom. The average molecular weight is 328 g/mol. The monoisotopic (exact) mass is 327 g/mol. The Labute approximate surface area is 147 Å². The van der Waals surface area contributed by atoms with E-state index in [1.165, 1.54) is 49.9 Å². The van der Waals surface area contributed by atoms with E-state index in [1.807, 2.05) is 19.9 Å². The highest BCUT2D eigenvalue weighted by atomic mass is 16.1. The van der Waals surface area contributed by atoms with Crippen LogP contribution in [0.25, 0.3) is 0 Å². The second kappa shape index (κ2) is 7.82. The van der Waals surface area contributed by atoms with Gasteiger partial charge in [-0.05, 0) is 54.7 Å². The van der Waals surface area contributed by atoms with Crippen LogP contribution in [0, 0.1) is 17.8 Å². The lowest BCUT2D eigenvalue weighted by Gasteiger charge is -2.31. The van der Waals surface area contributed by atoms with Crippen LogP contribution in [0.15, 0.2) is 18.2 Å². The normalized spacial score (nSPS) is 25.3. The zero-order valence-corrected chi connectivity index (χ0v) is 15.7. The molecule has 132 valence electrons. The number of benzene rings is 1. The van der Waals surface area contributed by atoms with Crippen LogP contribution in [0.3, 0.4) is 0 Å². The van der Waals surface area contributed by atoms with E-state index < -0.39 is 0 Å². The van der Waals surface area contributed by atoms with Gasteiger partial charge >= 0.3 is 0 Å². The van der Waals surface area contributed by atoms with E-state index in [0.29, 0.717) is 0 Å². The zero-order valence-electron chi connectivity index (χ0n) is 15.7. The van der Waals surface area contributed by atoms with Gasteiger partial charge < -0.3 is 4.90 Å². The number of ketones is 1. The Hall–Kier alpha value is -1.15. The first-order chi connectivity index (χ1) is 11.5. The summed E-state index contributed by atoms with van der Waals surface area (Å²) in [6.45, 7) is 9.98. The summed E-state index contributed by atoms with van der Waals surface area (Å²) in [6, 6.07) is 6.42. The minimum Gasteiger partial charge on any atom is -0.302 e. The fourth-order valence-electron chi connectivity index (χ4n) is 4.32. The number of rotatable bonds is 4. The lowest BCUT2D eigenvalue weighted by atomic mass is 9.83. The van der Waals surface area contributed by atoms with Crippen molar-refractivity contribution in [1.82, 2.24) is 4.90 Å². The summed E-state index contributed by atoms with van der Waals surface area (Å²) in [5.74, 6) is 2.20. The van der Waals surface area contributed by atoms with Crippen LogP contribution in [0.1, 0.15) is 67.9 Å². The molecule has 3 rings (SSSR count). The minimum absolute atomic E-state index is 0.0824. The van der Waals surface area contributed by atoms with Crippen LogP contribution in [-0.2, 0) is 12.8 Å². The number of carbonyl (C=O) groups excluding carboxylic acids is 1. The van der Waals surface area contributed by atoms with Crippen LogP contribution < -0.4 is 0 Å². The smallest absolute Gasteiger partial charge is 0.165 e. The highest BCUT2D eigenvalue weighted by molar-refractivity contribution is 5.97. The summed E-state index contributed by atoms with van der Waals surface area (Å²) in [5.41, 5.74) is 3.76. The summed E-state index contributed by atoms with van der Waals surface area (Å²) >= 11 is 0. The third-order valence-electron chi connectivity index (χ3n) is 6.06. The lowest BCUT2D eigenvalue weighted by molar-refractivity contribution is 0.0939. The average Bonchev–Trinajstić information content (AvgIpc) is 2.78. The number of carbonyl (C=O) groups is 1. The predicted molar refractivity (Wildman–Crippen MR) is 101 cm³/mol. The van der Waals surface area contributed by atoms with E-state index in [1.54, 1.807) is 0 Å². The number of nitrogens with zero attached hydrogens (tertiary/aromatic N) is 1. The van der Waals surface area contributed by atoms with Crippen LogP contribution in [0.5, 0.6) is 0 Å². The van der Waals surface area contributed by atoms with Crippen molar-refractivity contribution in [1.29, 1.82) is 0 Å². The highest BCUT2D eigenvalue weighted by Crippen LogP contribution is 2.29. The summed E-state index contributed by atoms with van der Waals surface area (Å²) in [5, 5.41) is 0. The Kier molecular flexibility index (Phi) is 5.76. The van der Waals surface area contributed by atoms with Gasteiger partial charge in [0.15, 0.2) is 5.78 Å². The molecule has 1 heterocycles. The zero-order chi connectivity index (χ0) is 17.1. The third-order valence-corrected chi connectivity index (χ3v) is 6.06. The molecule has 0 unspecified atom stereocenters. The first-order valence-electron chi connectivity index (χ1n) is 9.91. The molecule has 0 bridgehead atoms. The maximum atomic E-state index is 12.3. The standard InChI is InChI=1S/C22H33NO/c1-16(2)22(24)21-9-8-19-10-12-23(13-11-20(19)14-21)15-18-6-4-17(3)5-7-18/h8-9,14,16-18H,4-7,10-13,15H2,1-3H3. The molecule has 0 spiro atoms. The molecule has 0 atom stereocenters. The number of hydrogen-bond acceptors (Lipinski definition) is 2. The van der Waals surface area contributed by atoms with E-state index in [4.69, 9.17) is 0 Å². The van der Waals surface area contributed by atoms with Crippen molar-refractivity contribution in [3.63, 3.8) is 0 Å². The van der Waals surface area contributed by atoms with Gasteiger partial charge in [-0.1, -0.05) is 45.7 Å². The minimum atomic E-state index is 0.0824. The highest BCUT2D eigenvalue weighted by Gasteiger charge is 2.22. The molecule has 1 aromatic rings. The van der Waals surface area contributed by atoms with Gasteiger partial charge in [-0.15, -0.1) is 0 Å². The van der Waals surface area contributed by atoms with Crippen molar-refractivity contribution in [2.24, 2.45) is 17.8 Å². The van der Waals surface area contributed by atoms with Gasteiger partial charge in [0, 0.05) is 31.1 Å². The molecule has 1 aromatic carbocycles. The fourth-order valence-corrected chi connectivity index (χ4v) is 4.32. The predicted octanol–water partition coefficient (Wildman–Crippen LogP) is 4.75. The van der Waals surface area contributed by atoms with Crippen LogP contribution in [0.2, 0.25) is 0 Å². The molecule has 1 aliphatic heterocycles. The van der Waals surface area contributed by atoms with Crippen molar-refractivity contribution in [3.05, 3.63) is 34.9 Å². The van der Waals surface area contributed by atoms with Gasteiger partial charge in [0.25, 0.3) is 0 Å². The van der Waals surface area contributed by atoms with Crippen molar-refractivity contribution >= 4 is 5.78 Å². The second-order valence-corrected chi connectivity index (χ2v) is 8.43. The molecular weight excluding hydrogens is 294 g/mol. The molecule has 0 aromatic heterocycles. The molecule has 2 aliphatic rings. The first kappa shape index (κ1) is 17.7. The van der Waals surface area contributed by atoms with Crippen molar-refractivity contribution in [2.45, 2.75) is 59.3 Å². The largest absolute Gasteiger partial charge is 0.302 e. The van der Waals surface area contributed by atoms with Gasteiger partial charge in [0.05, 0.1) is 0 Å². The van der Waals surface area contributed by atoms with Crippen LogP contribution in [0.4, 0.5) is 0 Å². The second-order valence-electron chi connectivity index (χ2n) is 8.43. The van der Waals surface area contributed by atoms with Crippen molar-refractivity contribution < 1.29 is 4.79 Å². The molecule has 0 saturated heterocycles. The molecule has 1 fully saturated rings. The maximum absolute atomic E-state index is 12.3. The molecule has 1 aliphatic carbocycles. The van der Waals surface area contributed by atoms with E-state index in [9.17, 15) is 4.79 Å². The van der Waals surface area contributed by atoms with Crippen molar-refractivity contribution in [3.8, 4) is 0 Å². The Bertz CT molecular complexity index is 569. The molecule has 0 radical (unpaired) electrons. The SMILES string of the molecule is CC1CCC(CN2CCc3ccc(C(=O)C(C)C)cc3CC2)CC1. The van der Waals surface area contributed by atoms with Gasteiger partial charge in [0.2, 0.25) is 0 Å².